The Morgan fingerprint density at radius 3 is 2.37 bits per heavy atom. The summed E-state index contributed by atoms with van der Waals surface area (Å²) in [4.78, 5) is 28.3. The first-order valence-electron chi connectivity index (χ1n) is 10.8. The number of aliphatic carboxylic acids is 1. The molecule has 0 aromatic heterocycles. The van der Waals surface area contributed by atoms with Crippen LogP contribution in [0.3, 0.4) is 0 Å². The van der Waals surface area contributed by atoms with E-state index in [1.165, 1.54) is 11.1 Å². The number of carbonyl (C=O) groups is 2. The second kappa shape index (κ2) is 10.3. The van der Waals surface area contributed by atoms with Gasteiger partial charge in [-0.1, -0.05) is 49.2 Å². The lowest BCUT2D eigenvalue weighted by Gasteiger charge is -2.32. The van der Waals surface area contributed by atoms with E-state index in [2.05, 4.69) is 42.5 Å². The molecule has 0 spiro atoms. The highest BCUT2D eigenvalue weighted by molar-refractivity contribution is 5.84. The van der Waals surface area contributed by atoms with Gasteiger partial charge < -0.3 is 14.9 Å². The highest BCUT2D eigenvalue weighted by atomic mass is 16.4. The normalized spacial score (nSPS) is 14.1. The molecule has 160 valence electrons. The Bertz CT molecular complexity index is 861. The minimum absolute atomic E-state index is 0.181. The van der Waals surface area contributed by atoms with Crippen LogP contribution in [0.1, 0.15) is 54.7 Å². The number of rotatable bonds is 9. The van der Waals surface area contributed by atoms with Gasteiger partial charge in [-0.15, -0.1) is 0 Å². The topological polar surface area (TPSA) is 60.9 Å². The summed E-state index contributed by atoms with van der Waals surface area (Å²) in [6.07, 6.45) is 4.18. The molecular weight excluding hydrogens is 376 g/mol. The van der Waals surface area contributed by atoms with E-state index >= 15 is 0 Å². The molecule has 1 amide bonds. The molecule has 2 aromatic rings. The summed E-state index contributed by atoms with van der Waals surface area (Å²) in [6.45, 7) is 1.42. The van der Waals surface area contributed by atoms with Crippen LogP contribution in [0.25, 0.3) is 0 Å². The molecule has 30 heavy (non-hydrogen) atoms. The SMILES string of the molecule is CN(C)c1ccc([C@H](CCCCCC(=O)O)C(=O)N2CCc3ccccc3C2)cc1. The molecule has 2 aromatic carbocycles. The van der Waals surface area contributed by atoms with Gasteiger partial charge in [0.15, 0.2) is 0 Å². The van der Waals surface area contributed by atoms with Gasteiger partial charge >= 0.3 is 5.97 Å². The van der Waals surface area contributed by atoms with E-state index in [0.29, 0.717) is 13.0 Å². The van der Waals surface area contributed by atoms with E-state index in [1.807, 2.05) is 30.0 Å². The molecule has 1 heterocycles. The number of amides is 1. The van der Waals surface area contributed by atoms with Gasteiger partial charge in [-0.05, 0) is 48.1 Å². The van der Waals surface area contributed by atoms with E-state index in [1.54, 1.807) is 0 Å². The molecule has 0 bridgehead atoms. The van der Waals surface area contributed by atoms with Gasteiger partial charge in [0.1, 0.15) is 0 Å². The van der Waals surface area contributed by atoms with Crippen molar-refractivity contribution in [3.63, 3.8) is 0 Å². The standard InChI is InChI=1S/C25H32N2O3/c1-26(2)22-14-12-20(13-15-22)23(10-4-3-5-11-24(28)29)25(30)27-17-16-19-8-6-7-9-21(19)18-27/h6-9,12-15,23H,3-5,10-11,16-18H2,1-2H3,(H,28,29)/t23-/m0/s1. The smallest absolute Gasteiger partial charge is 0.303 e. The third kappa shape index (κ3) is 5.62. The number of hydrogen-bond donors (Lipinski definition) is 1. The quantitative estimate of drug-likeness (QED) is 0.623. The van der Waals surface area contributed by atoms with Gasteiger partial charge in [0.25, 0.3) is 0 Å². The lowest BCUT2D eigenvalue weighted by atomic mass is 9.90. The number of anilines is 1. The minimum atomic E-state index is -0.756. The number of fused-ring (bicyclic) bond motifs is 1. The maximum absolute atomic E-state index is 13.5. The predicted octanol–water partition coefficient (Wildman–Crippen LogP) is 4.46. The van der Waals surface area contributed by atoms with Crippen molar-refractivity contribution in [1.29, 1.82) is 0 Å². The lowest BCUT2D eigenvalue weighted by Crippen LogP contribution is -2.39. The summed E-state index contributed by atoms with van der Waals surface area (Å²) in [7, 11) is 4.01. The van der Waals surface area contributed by atoms with Crippen molar-refractivity contribution in [3.8, 4) is 0 Å². The van der Waals surface area contributed by atoms with E-state index in [0.717, 1.165) is 43.5 Å². The van der Waals surface area contributed by atoms with Crippen molar-refractivity contribution in [2.24, 2.45) is 0 Å². The number of benzene rings is 2. The number of carboxylic acids is 1. The molecule has 1 aliphatic heterocycles. The average Bonchev–Trinajstić information content (AvgIpc) is 2.75. The van der Waals surface area contributed by atoms with E-state index in [4.69, 9.17) is 5.11 Å². The minimum Gasteiger partial charge on any atom is -0.481 e. The number of nitrogens with zero attached hydrogens (tertiary/aromatic N) is 2. The maximum Gasteiger partial charge on any atom is 0.303 e. The molecule has 3 rings (SSSR count). The zero-order valence-corrected chi connectivity index (χ0v) is 18.0. The first-order chi connectivity index (χ1) is 14.5. The molecule has 0 fully saturated rings. The van der Waals surface area contributed by atoms with Gasteiger partial charge in [-0.2, -0.15) is 0 Å². The molecule has 0 aliphatic carbocycles. The van der Waals surface area contributed by atoms with Crippen molar-refractivity contribution in [2.45, 2.75) is 51.0 Å². The van der Waals surface area contributed by atoms with Crippen molar-refractivity contribution in [2.75, 3.05) is 25.5 Å². The first kappa shape index (κ1) is 21.9. The maximum atomic E-state index is 13.5. The Morgan fingerprint density at radius 1 is 1.00 bits per heavy atom. The second-order valence-corrected chi connectivity index (χ2v) is 8.31. The van der Waals surface area contributed by atoms with Crippen molar-refractivity contribution >= 4 is 17.6 Å². The molecule has 0 saturated heterocycles. The number of carboxylic acid groups (broad SMARTS) is 1. The Balaban J connectivity index is 1.72. The fraction of sp³-hybridized carbons (Fsp3) is 0.440. The summed E-state index contributed by atoms with van der Waals surface area (Å²) in [5.41, 5.74) is 4.73. The second-order valence-electron chi connectivity index (χ2n) is 8.31. The number of carbonyl (C=O) groups excluding carboxylic acids is 1. The highest BCUT2D eigenvalue weighted by Gasteiger charge is 2.28. The fourth-order valence-corrected chi connectivity index (χ4v) is 4.14. The zero-order chi connectivity index (χ0) is 21.5. The lowest BCUT2D eigenvalue weighted by molar-refractivity contribution is -0.137. The molecule has 5 heteroatoms. The van der Waals surface area contributed by atoms with Crippen molar-refractivity contribution in [1.82, 2.24) is 4.90 Å². The monoisotopic (exact) mass is 408 g/mol. The summed E-state index contributed by atoms with van der Waals surface area (Å²) in [6, 6.07) is 16.6. The third-order valence-corrected chi connectivity index (χ3v) is 5.94. The van der Waals surface area contributed by atoms with Crippen LogP contribution in [0.2, 0.25) is 0 Å². The van der Waals surface area contributed by atoms with Crippen molar-refractivity contribution in [3.05, 3.63) is 65.2 Å². The summed E-state index contributed by atoms with van der Waals surface area (Å²) >= 11 is 0. The molecule has 1 N–H and O–H groups in total. The molecule has 5 nitrogen and oxygen atoms in total. The summed E-state index contributed by atoms with van der Waals surface area (Å²) < 4.78 is 0. The van der Waals surface area contributed by atoms with Gasteiger partial charge in [-0.25, -0.2) is 0 Å². The van der Waals surface area contributed by atoms with Crippen LogP contribution in [0, 0.1) is 0 Å². The van der Waals surface area contributed by atoms with Gasteiger partial charge in [-0.3, -0.25) is 9.59 Å². The van der Waals surface area contributed by atoms with E-state index in [9.17, 15) is 9.59 Å². The number of unbranched alkanes of at least 4 members (excludes halogenated alkanes) is 2. The van der Waals surface area contributed by atoms with Crippen LogP contribution in [0.5, 0.6) is 0 Å². The average molecular weight is 409 g/mol. The molecule has 0 radical (unpaired) electrons. The largest absolute Gasteiger partial charge is 0.481 e. The Morgan fingerprint density at radius 2 is 1.70 bits per heavy atom. The van der Waals surface area contributed by atoms with Crippen LogP contribution < -0.4 is 4.90 Å². The summed E-state index contributed by atoms with van der Waals surface area (Å²) in [5.74, 6) is -0.759. The van der Waals surface area contributed by atoms with Crippen LogP contribution in [0.4, 0.5) is 5.69 Å². The van der Waals surface area contributed by atoms with E-state index < -0.39 is 5.97 Å². The highest BCUT2D eigenvalue weighted by Crippen LogP contribution is 2.29. The molecular formula is C25H32N2O3. The predicted molar refractivity (Wildman–Crippen MR) is 120 cm³/mol. The molecule has 1 atom stereocenters. The van der Waals surface area contributed by atoms with E-state index in [-0.39, 0.29) is 18.2 Å². The molecule has 0 unspecified atom stereocenters. The molecule has 0 saturated carbocycles. The summed E-state index contributed by atoms with van der Waals surface area (Å²) in [5, 5.41) is 8.84. The van der Waals surface area contributed by atoms with Crippen LogP contribution in [0.15, 0.2) is 48.5 Å². The van der Waals surface area contributed by atoms with Crippen LogP contribution in [-0.2, 0) is 22.6 Å². The Hall–Kier alpha value is -2.82. The fourth-order valence-electron chi connectivity index (χ4n) is 4.14. The Labute approximate surface area is 179 Å². The first-order valence-corrected chi connectivity index (χ1v) is 10.8. The zero-order valence-electron chi connectivity index (χ0n) is 18.0. The van der Waals surface area contributed by atoms with Crippen molar-refractivity contribution < 1.29 is 14.7 Å². The third-order valence-electron chi connectivity index (χ3n) is 5.94. The Kier molecular flexibility index (Phi) is 7.50. The van der Waals surface area contributed by atoms with Gasteiger partial charge in [0.05, 0.1) is 5.92 Å². The number of hydrogen-bond acceptors (Lipinski definition) is 3. The van der Waals surface area contributed by atoms with Gasteiger partial charge in [0, 0.05) is 39.3 Å². The van der Waals surface area contributed by atoms with Crippen LogP contribution in [-0.4, -0.2) is 42.5 Å². The van der Waals surface area contributed by atoms with Gasteiger partial charge in [0.2, 0.25) is 5.91 Å². The van der Waals surface area contributed by atoms with Crippen LogP contribution >= 0.6 is 0 Å². The molecule has 1 aliphatic rings.